The van der Waals surface area contributed by atoms with E-state index in [9.17, 15) is 14.4 Å². The van der Waals surface area contributed by atoms with Gasteiger partial charge >= 0.3 is 5.97 Å². The molecule has 0 radical (unpaired) electrons. The zero-order valence-electron chi connectivity index (χ0n) is 15.2. The number of rotatable bonds is 5. The lowest BCUT2D eigenvalue weighted by molar-refractivity contribution is -0.143. The van der Waals surface area contributed by atoms with Crippen molar-refractivity contribution in [2.24, 2.45) is 16.8 Å². The molecular weight excluding hydrogens is 352 g/mol. The fraction of sp³-hybridized carbons (Fsp3) is 0.444. The third-order valence-corrected chi connectivity index (χ3v) is 4.87. The van der Waals surface area contributed by atoms with Gasteiger partial charge in [0.1, 0.15) is 5.76 Å². The van der Waals surface area contributed by atoms with Crippen LogP contribution in [0.15, 0.2) is 27.2 Å². The molecule has 1 saturated carbocycles. The predicted molar refractivity (Wildman–Crippen MR) is 97.9 cm³/mol. The maximum Gasteiger partial charge on any atom is 0.306 e. The minimum absolute atomic E-state index is 0.0857. The van der Waals surface area contributed by atoms with Crippen LogP contribution in [0.5, 0.6) is 0 Å². The van der Waals surface area contributed by atoms with Gasteiger partial charge in [0, 0.05) is 20.2 Å². The lowest BCUT2D eigenvalue weighted by Gasteiger charge is -2.30. The minimum atomic E-state index is -0.822. The van der Waals surface area contributed by atoms with E-state index in [2.05, 4.69) is 5.10 Å². The summed E-state index contributed by atoms with van der Waals surface area (Å²) in [6.07, 6.45) is 3.42. The standard InChI is InChI=1S/C18H22N4O5/c1-21(2)14-8-7-12(27-14)9-13-15(16(19)23)20-22(17(13)24)11-5-3-10(4-6-11)18(25)26/h7-11H,3-6H2,1-2H3,(H2,19,23)(H,25,26). The summed E-state index contributed by atoms with van der Waals surface area (Å²) in [5.41, 5.74) is 5.38. The van der Waals surface area contributed by atoms with Gasteiger partial charge < -0.3 is 20.2 Å². The molecule has 1 aliphatic carbocycles. The Balaban J connectivity index is 1.83. The second kappa shape index (κ2) is 7.26. The SMILES string of the molecule is CN(C)c1ccc(C=C2C(=O)N(C3CCC(C(=O)O)CC3)N=C2C(N)=O)o1. The largest absolute Gasteiger partial charge is 0.481 e. The van der Waals surface area contributed by atoms with Crippen molar-refractivity contribution < 1.29 is 23.9 Å². The molecule has 1 aromatic heterocycles. The molecular formula is C18H22N4O5. The summed E-state index contributed by atoms with van der Waals surface area (Å²) < 4.78 is 5.61. The first kappa shape index (κ1) is 18.7. The van der Waals surface area contributed by atoms with Crippen LogP contribution in [0.2, 0.25) is 0 Å². The number of carboxylic acids is 1. The molecule has 9 heteroatoms. The van der Waals surface area contributed by atoms with Crippen molar-refractivity contribution in [3.63, 3.8) is 0 Å². The number of carboxylic acid groups (broad SMARTS) is 1. The minimum Gasteiger partial charge on any atom is -0.481 e. The lowest BCUT2D eigenvalue weighted by atomic mass is 9.86. The number of hydrogen-bond donors (Lipinski definition) is 2. The molecule has 1 fully saturated rings. The van der Waals surface area contributed by atoms with Crippen molar-refractivity contribution in [3.05, 3.63) is 23.5 Å². The van der Waals surface area contributed by atoms with E-state index in [-0.39, 0.29) is 17.3 Å². The smallest absolute Gasteiger partial charge is 0.306 e. The summed E-state index contributed by atoms with van der Waals surface area (Å²) in [7, 11) is 3.64. The van der Waals surface area contributed by atoms with Gasteiger partial charge in [-0.15, -0.1) is 0 Å². The molecule has 144 valence electrons. The van der Waals surface area contributed by atoms with E-state index >= 15 is 0 Å². The van der Waals surface area contributed by atoms with E-state index in [4.69, 9.17) is 15.3 Å². The van der Waals surface area contributed by atoms with Crippen molar-refractivity contribution in [3.8, 4) is 0 Å². The first-order chi connectivity index (χ1) is 12.8. The van der Waals surface area contributed by atoms with E-state index in [1.807, 2.05) is 14.1 Å². The molecule has 0 spiro atoms. The molecule has 1 aromatic rings. The summed E-state index contributed by atoms with van der Waals surface area (Å²) in [4.78, 5) is 37.5. The van der Waals surface area contributed by atoms with Crippen LogP contribution in [0.1, 0.15) is 31.4 Å². The van der Waals surface area contributed by atoms with Crippen LogP contribution < -0.4 is 10.6 Å². The van der Waals surface area contributed by atoms with Crippen molar-refractivity contribution in [2.75, 3.05) is 19.0 Å². The van der Waals surface area contributed by atoms with Crippen LogP contribution in [-0.2, 0) is 14.4 Å². The Morgan fingerprint density at radius 2 is 1.96 bits per heavy atom. The van der Waals surface area contributed by atoms with Crippen LogP contribution >= 0.6 is 0 Å². The maximum atomic E-state index is 12.8. The van der Waals surface area contributed by atoms with Gasteiger partial charge in [-0.05, 0) is 37.8 Å². The summed E-state index contributed by atoms with van der Waals surface area (Å²) in [5.74, 6) is -1.43. The number of carbonyl (C=O) groups is 3. The second-order valence-electron chi connectivity index (χ2n) is 6.93. The van der Waals surface area contributed by atoms with Gasteiger partial charge in [-0.3, -0.25) is 14.4 Å². The fourth-order valence-corrected chi connectivity index (χ4v) is 3.36. The molecule has 0 aromatic carbocycles. The molecule has 9 nitrogen and oxygen atoms in total. The number of hydrazone groups is 1. The number of carbonyl (C=O) groups excluding carboxylic acids is 2. The topological polar surface area (TPSA) is 129 Å². The van der Waals surface area contributed by atoms with E-state index in [1.54, 1.807) is 17.0 Å². The summed E-state index contributed by atoms with van der Waals surface area (Å²) >= 11 is 0. The van der Waals surface area contributed by atoms with Crippen LogP contribution in [-0.4, -0.2) is 53.7 Å². The van der Waals surface area contributed by atoms with Gasteiger partial charge in [-0.25, -0.2) is 5.01 Å². The Morgan fingerprint density at radius 1 is 1.30 bits per heavy atom. The Morgan fingerprint density at radius 3 is 2.48 bits per heavy atom. The molecule has 3 N–H and O–H groups in total. The molecule has 2 heterocycles. The van der Waals surface area contributed by atoms with Gasteiger partial charge in [0.25, 0.3) is 11.8 Å². The van der Waals surface area contributed by atoms with Gasteiger partial charge in [-0.2, -0.15) is 5.10 Å². The third-order valence-electron chi connectivity index (χ3n) is 4.87. The first-order valence-electron chi connectivity index (χ1n) is 8.72. The maximum absolute atomic E-state index is 12.8. The fourth-order valence-electron chi connectivity index (χ4n) is 3.36. The van der Waals surface area contributed by atoms with E-state index in [1.165, 1.54) is 11.1 Å². The number of anilines is 1. The monoisotopic (exact) mass is 374 g/mol. The zero-order chi connectivity index (χ0) is 19.7. The number of nitrogens with zero attached hydrogens (tertiary/aromatic N) is 3. The summed E-state index contributed by atoms with van der Waals surface area (Å²) in [5, 5.41) is 14.5. The molecule has 0 atom stereocenters. The van der Waals surface area contributed by atoms with Crippen molar-refractivity contribution in [1.82, 2.24) is 5.01 Å². The second-order valence-corrected chi connectivity index (χ2v) is 6.93. The van der Waals surface area contributed by atoms with Crippen molar-refractivity contribution >= 4 is 35.5 Å². The van der Waals surface area contributed by atoms with Crippen LogP contribution in [0.3, 0.4) is 0 Å². The van der Waals surface area contributed by atoms with E-state index in [0.29, 0.717) is 37.3 Å². The average molecular weight is 374 g/mol. The summed E-state index contributed by atoms with van der Waals surface area (Å²) in [6, 6.07) is 3.19. The quantitative estimate of drug-likeness (QED) is 0.741. The molecule has 27 heavy (non-hydrogen) atoms. The average Bonchev–Trinajstić information content (AvgIpc) is 3.21. The van der Waals surface area contributed by atoms with E-state index in [0.717, 1.165) is 0 Å². The van der Waals surface area contributed by atoms with E-state index < -0.39 is 23.7 Å². The van der Waals surface area contributed by atoms with Crippen LogP contribution in [0, 0.1) is 5.92 Å². The number of nitrogens with two attached hydrogens (primary N) is 1. The molecule has 0 bridgehead atoms. The highest BCUT2D eigenvalue weighted by atomic mass is 16.4. The predicted octanol–water partition coefficient (Wildman–Crippen LogP) is 1.06. The van der Waals surface area contributed by atoms with Crippen molar-refractivity contribution in [2.45, 2.75) is 31.7 Å². The zero-order valence-corrected chi connectivity index (χ0v) is 15.2. The molecule has 3 rings (SSSR count). The number of amides is 2. The molecule has 0 unspecified atom stereocenters. The summed E-state index contributed by atoms with van der Waals surface area (Å²) in [6.45, 7) is 0. The van der Waals surface area contributed by atoms with Gasteiger partial charge in [0.15, 0.2) is 11.6 Å². The highest BCUT2D eigenvalue weighted by molar-refractivity contribution is 6.53. The van der Waals surface area contributed by atoms with Gasteiger partial charge in [0.05, 0.1) is 17.5 Å². The van der Waals surface area contributed by atoms with Crippen LogP contribution in [0.4, 0.5) is 5.88 Å². The Hall–Kier alpha value is -3.10. The Bertz CT molecular complexity index is 831. The van der Waals surface area contributed by atoms with Gasteiger partial charge in [0.2, 0.25) is 0 Å². The molecule has 0 saturated heterocycles. The van der Waals surface area contributed by atoms with Crippen LogP contribution in [0.25, 0.3) is 6.08 Å². The Kier molecular flexibility index (Phi) is 5.02. The first-order valence-corrected chi connectivity index (χ1v) is 8.72. The normalized spacial score (nSPS) is 24.2. The number of primary amides is 1. The highest BCUT2D eigenvalue weighted by Gasteiger charge is 2.39. The molecule has 2 amide bonds. The molecule has 2 aliphatic rings. The van der Waals surface area contributed by atoms with Gasteiger partial charge in [-0.1, -0.05) is 0 Å². The molecule has 1 aliphatic heterocycles. The van der Waals surface area contributed by atoms with Crippen molar-refractivity contribution in [1.29, 1.82) is 0 Å². The number of aliphatic carboxylic acids is 1. The number of furan rings is 1. The third kappa shape index (κ3) is 3.71. The number of hydrogen-bond acceptors (Lipinski definition) is 6. The Labute approximate surface area is 156 Å². The highest BCUT2D eigenvalue weighted by Crippen LogP contribution is 2.32. The lowest BCUT2D eigenvalue weighted by Crippen LogP contribution is -2.37.